The number of rotatable bonds is 4. The van der Waals surface area contributed by atoms with Crippen LogP contribution in [0.4, 0.5) is 0 Å². The molecule has 1 unspecified atom stereocenters. The molecule has 0 amide bonds. The van der Waals surface area contributed by atoms with Gasteiger partial charge in [-0.2, -0.15) is 0 Å². The van der Waals surface area contributed by atoms with Crippen LogP contribution >= 0.6 is 31.9 Å². The molecule has 0 radical (unpaired) electrons. The average molecular weight is 399 g/mol. The van der Waals surface area contributed by atoms with Gasteiger partial charge in [-0.1, -0.05) is 18.2 Å². The van der Waals surface area contributed by atoms with Crippen LogP contribution in [0.25, 0.3) is 0 Å². The number of aromatic nitrogens is 1. The highest BCUT2D eigenvalue weighted by molar-refractivity contribution is 9.11. The zero-order valence-corrected chi connectivity index (χ0v) is 14.6. The van der Waals surface area contributed by atoms with Gasteiger partial charge < -0.3 is 0 Å². The van der Waals surface area contributed by atoms with E-state index in [2.05, 4.69) is 74.3 Å². The van der Waals surface area contributed by atoms with Crippen molar-refractivity contribution in [3.63, 3.8) is 0 Å². The SMILES string of the molecule is Cc1cccc(C)c1CC(NN)c1ncc(Br)cc1Br. The zero-order chi connectivity index (χ0) is 14.7. The molecule has 20 heavy (non-hydrogen) atoms. The van der Waals surface area contributed by atoms with E-state index in [1.807, 2.05) is 6.07 Å². The number of benzene rings is 1. The Morgan fingerprint density at radius 2 is 1.90 bits per heavy atom. The van der Waals surface area contributed by atoms with Crippen molar-refractivity contribution in [3.8, 4) is 0 Å². The standard InChI is InChI=1S/C15H17Br2N3/c1-9-4-3-5-10(2)12(9)7-14(20-18)15-13(17)6-11(16)8-19-15/h3-6,8,14,20H,7,18H2,1-2H3. The average Bonchev–Trinajstić information content (AvgIpc) is 2.40. The van der Waals surface area contributed by atoms with Crippen LogP contribution in [-0.2, 0) is 6.42 Å². The summed E-state index contributed by atoms with van der Waals surface area (Å²) in [5.41, 5.74) is 7.65. The minimum atomic E-state index is -0.0303. The molecular weight excluding hydrogens is 382 g/mol. The summed E-state index contributed by atoms with van der Waals surface area (Å²) in [6, 6.07) is 8.28. The number of nitrogens with two attached hydrogens (primary N) is 1. The molecule has 0 spiro atoms. The molecule has 0 bridgehead atoms. The maximum absolute atomic E-state index is 5.74. The fraction of sp³-hybridized carbons (Fsp3) is 0.267. The smallest absolute Gasteiger partial charge is 0.0732 e. The Labute approximate surface area is 136 Å². The highest BCUT2D eigenvalue weighted by Gasteiger charge is 2.17. The minimum absolute atomic E-state index is 0.0303. The Morgan fingerprint density at radius 1 is 1.25 bits per heavy atom. The molecular formula is C15H17Br2N3. The molecule has 1 heterocycles. The Kier molecular flexibility index (Phi) is 5.32. The monoisotopic (exact) mass is 397 g/mol. The Morgan fingerprint density at radius 3 is 2.45 bits per heavy atom. The van der Waals surface area contributed by atoms with E-state index in [9.17, 15) is 0 Å². The van der Waals surface area contributed by atoms with Gasteiger partial charge in [0.25, 0.3) is 0 Å². The third-order valence-electron chi connectivity index (χ3n) is 3.42. The summed E-state index contributed by atoms with van der Waals surface area (Å²) in [5, 5.41) is 0. The summed E-state index contributed by atoms with van der Waals surface area (Å²) in [6.45, 7) is 4.25. The fourth-order valence-corrected chi connectivity index (χ4v) is 3.55. The van der Waals surface area contributed by atoms with E-state index in [0.29, 0.717) is 0 Å². The van der Waals surface area contributed by atoms with Crippen molar-refractivity contribution in [2.75, 3.05) is 0 Å². The topological polar surface area (TPSA) is 50.9 Å². The molecule has 2 aromatic rings. The summed E-state index contributed by atoms with van der Waals surface area (Å²) in [6.07, 6.45) is 2.59. The van der Waals surface area contributed by atoms with E-state index in [4.69, 9.17) is 5.84 Å². The van der Waals surface area contributed by atoms with Gasteiger partial charge in [0.15, 0.2) is 0 Å². The van der Waals surface area contributed by atoms with Gasteiger partial charge in [0, 0.05) is 15.1 Å². The number of nitrogens with one attached hydrogen (secondary N) is 1. The summed E-state index contributed by atoms with van der Waals surface area (Å²) in [7, 11) is 0. The number of hydrazine groups is 1. The molecule has 0 aliphatic heterocycles. The predicted molar refractivity (Wildman–Crippen MR) is 89.3 cm³/mol. The van der Waals surface area contributed by atoms with Crippen LogP contribution in [-0.4, -0.2) is 4.98 Å². The third-order valence-corrected chi connectivity index (χ3v) is 4.49. The molecule has 5 heteroatoms. The number of aryl methyl sites for hydroxylation is 2. The highest BCUT2D eigenvalue weighted by Crippen LogP contribution is 2.28. The fourth-order valence-electron chi connectivity index (χ4n) is 2.29. The Hall–Kier alpha value is -0.750. The van der Waals surface area contributed by atoms with E-state index in [-0.39, 0.29) is 6.04 Å². The van der Waals surface area contributed by atoms with Crippen LogP contribution in [0.2, 0.25) is 0 Å². The maximum atomic E-state index is 5.74. The number of halogens is 2. The molecule has 0 aliphatic carbocycles. The third kappa shape index (κ3) is 3.47. The lowest BCUT2D eigenvalue weighted by molar-refractivity contribution is 0.534. The summed E-state index contributed by atoms with van der Waals surface area (Å²) in [4.78, 5) is 4.47. The van der Waals surface area contributed by atoms with Crippen LogP contribution in [0.1, 0.15) is 28.4 Å². The van der Waals surface area contributed by atoms with E-state index in [1.54, 1.807) is 6.20 Å². The van der Waals surface area contributed by atoms with Gasteiger partial charge in [-0.15, -0.1) is 0 Å². The van der Waals surface area contributed by atoms with Gasteiger partial charge in [0.1, 0.15) is 0 Å². The van der Waals surface area contributed by atoms with Crippen LogP contribution in [0, 0.1) is 13.8 Å². The van der Waals surface area contributed by atoms with Crippen LogP contribution in [0.5, 0.6) is 0 Å². The van der Waals surface area contributed by atoms with E-state index in [0.717, 1.165) is 21.1 Å². The molecule has 3 nitrogen and oxygen atoms in total. The van der Waals surface area contributed by atoms with Crippen LogP contribution < -0.4 is 11.3 Å². The summed E-state index contributed by atoms with van der Waals surface area (Å²) >= 11 is 6.96. The lowest BCUT2D eigenvalue weighted by Crippen LogP contribution is -2.31. The Balaban J connectivity index is 2.34. The van der Waals surface area contributed by atoms with E-state index in [1.165, 1.54) is 16.7 Å². The zero-order valence-electron chi connectivity index (χ0n) is 11.5. The largest absolute Gasteiger partial charge is 0.271 e. The predicted octanol–water partition coefficient (Wildman–Crippen LogP) is 3.97. The minimum Gasteiger partial charge on any atom is -0.271 e. The van der Waals surface area contributed by atoms with Gasteiger partial charge in [-0.05, 0) is 74.9 Å². The first kappa shape index (κ1) is 15.6. The quantitative estimate of drug-likeness (QED) is 0.605. The highest BCUT2D eigenvalue weighted by atomic mass is 79.9. The molecule has 1 aromatic heterocycles. The van der Waals surface area contributed by atoms with Crippen molar-refractivity contribution in [1.82, 2.24) is 10.4 Å². The number of hydrogen-bond donors (Lipinski definition) is 2. The van der Waals surface area contributed by atoms with Gasteiger partial charge in [-0.3, -0.25) is 16.3 Å². The van der Waals surface area contributed by atoms with Crippen LogP contribution in [0.15, 0.2) is 39.4 Å². The van der Waals surface area contributed by atoms with E-state index >= 15 is 0 Å². The number of hydrogen-bond acceptors (Lipinski definition) is 3. The maximum Gasteiger partial charge on any atom is 0.0732 e. The second kappa shape index (κ2) is 6.80. The lowest BCUT2D eigenvalue weighted by atomic mass is 9.95. The van der Waals surface area contributed by atoms with Gasteiger partial charge in [-0.25, -0.2) is 0 Å². The van der Waals surface area contributed by atoms with Crippen LogP contribution in [0.3, 0.4) is 0 Å². The summed E-state index contributed by atoms with van der Waals surface area (Å²) in [5.74, 6) is 5.74. The van der Waals surface area contributed by atoms with Crippen molar-refractivity contribution in [2.24, 2.45) is 5.84 Å². The second-order valence-electron chi connectivity index (χ2n) is 4.81. The van der Waals surface area contributed by atoms with Gasteiger partial charge in [0.2, 0.25) is 0 Å². The van der Waals surface area contributed by atoms with Gasteiger partial charge >= 0.3 is 0 Å². The molecule has 1 aromatic carbocycles. The molecule has 3 N–H and O–H groups in total. The van der Waals surface area contributed by atoms with E-state index < -0.39 is 0 Å². The number of nitrogens with zero attached hydrogens (tertiary/aromatic N) is 1. The molecule has 2 rings (SSSR count). The lowest BCUT2D eigenvalue weighted by Gasteiger charge is -2.19. The van der Waals surface area contributed by atoms with Crippen molar-refractivity contribution >= 4 is 31.9 Å². The second-order valence-corrected chi connectivity index (χ2v) is 6.58. The molecule has 0 fully saturated rings. The van der Waals surface area contributed by atoms with Crippen molar-refractivity contribution in [3.05, 3.63) is 61.8 Å². The Bertz CT molecular complexity index is 594. The first-order valence-electron chi connectivity index (χ1n) is 6.35. The molecule has 1 atom stereocenters. The van der Waals surface area contributed by atoms with Crippen molar-refractivity contribution < 1.29 is 0 Å². The first-order chi connectivity index (χ1) is 9.52. The molecule has 0 saturated heterocycles. The summed E-state index contributed by atoms with van der Waals surface area (Å²) < 4.78 is 1.89. The van der Waals surface area contributed by atoms with Gasteiger partial charge in [0.05, 0.1) is 11.7 Å². The van der Waals surface area contributed by atoms with Crippen molar-refractivity contribution in [1.29, 1.82) is 0 Å². The number of pyridine rings is 1. The normalized spacial score (nSPS) is 12.4. The molecule has 106 valence electrons. The molecule has 0 aliphatic rings. The molecule has 0 saturated carbocycles. The van der Waals surface area contributed by atoms with Crippen molar-refractivity contribution in [2.45, 2.75) is 26.3 Å². The first-order valence-corrected chi connectivity index (χ1v) is 7.93.